The van der Waals surface area contributed by atoms with E-state index in [1.807, 2.05) is 72.6 Å². The van der Waals surface area contributed by atoms with Crippen molar-refractivity contribution in [3.63, 3.8) is 0 Å². The molecular weight excluding hydrogens is 1300 g/mol. The maximum atomic E-state index is 18.1. The number of ether oxygens (including phenoxy) is 11. The lowest BCUT2D eigenvalue weighted by Gasteiger charge is -2.58. The van der Waals surface area contributed by atoms with Gasteiger partial charge in [-0.05, 0) is 105 Å². The van der Waals surface area contributed by atoms with Gasteiger partial charge >= 0.3 is 10.7 Å². The number of carbonyl (C=O) groups excluding carboxylic acids is 2. The molecule has 0 aromatic heterocycles. The molecule has 12 rings (SSSR count). The summed E-state index contributed by atoms with van der Waals surface area (Å²) in [6, 6.07) is 3.47. The number of likely N-dealkylation sites (N-methyl/N-ethyl adjacent to an activating group) is 2. The minimum atomic E-state index is -2.43. The second kappa shape index (κ2) is 27.2. The summed E-state index contributed by atoms with van der Waals surface area (Å²) in [6.07, 6.45) is -14.4. The third-order valence-electron chi connectivity index (χ3n) is 23.5. The summed E-state index contributed by atoms with van der Waals surface area (Å²) in [7, 11) is 13.6. The number of phenolic OH excluding ortho intramolecular Hbond substituents is 4. The van der Waals surface area contributed by atoms with E-state index in [4.69, 9.17) is 52.1 Å². The van der Waals surface area contributed by atoms with Crippen molar-refractivity contribution < 1.29 is 91.7 Å². The predicted octanol–water partition coefficient (Wildman–Crippen LogP) is 4.89. The second-order valence-electron chi connectivity index (χ2n) is 28.9. The van der Waals surface area contributed by atoms with E-state index in [2.05, 4.69) is 9.58 Å². The minimum absolute atomic E-state index is 0.00474. The first kappa shape index (κ1) is 72.6. The van der Waals surface area contributed by atoms with Crippen molar-refractivity contribution in [3.8, 4) is 23.0 Å². The number of aromatic hydroxyl groups is 4. The van der Waals surface area contributed by atoms with Gasteiger partial charge in [-0.25, -0.2) is 0 Å². The van der Waals surface area contributed by atoms with Crippen LogP contribution in [0.2, 0.25) is 0 Å². The highest BCUT2D eigenvalue weighted by Crippen LogP contribution is 2.64. The van der Waals surface area contributed by atoms with Crippen molar-refractivity contribution in [2.24, 2.45) is 29.1 Å². The van der Waals surface area contributed by atoms with Gasteiger partial charge in [-0.15, -0.1) is 0 Å². The van der Waals surface area contributed by atoms with Crippen molar-refractivity contribution in [2.75, 3.05) is 56.6 Å². The Balaban J connectivity index is 1.28. The van der Waals surface area contributed by atoms with E-state index in [0.717, 1.165) is 24.3 Å². The first-order valence-electron chi connectivity index (χ1n) is 34.4. The first-order valence-corrected chi connectivity index (χ1v) is 34.4. The molecule has 100 heavy (non-hydrogen) atoms. The van der Waals surface area contributed by atoms with Crippen LogP contribution in [-0.4, -0.2) is 199 Å². The average molecular weight is 1390 g/mol. The highest BCUT2D eigenvalue weighted by Gasteiger charge is 2.70. The molecule has 10 aliphatic rings. The Labute approximate surface area is 575 Å². The lowest BCUT2D eigenvalue weighted by atomic mass is 9.49. The standard InChI is InChI=1S/C73H90N6O21/c1-17-72(27-34-24-39(90-13)29(4)30(5)94-34)57(67(88)51-49-53(65(86)47-37(82)21-19-35(80)45(47)63(49)84)59(76-74)55(51)70(72)98-43-25-40(91-14)62(79(11)12)32(7)96-43)58-68(89)52-50-54(66(87)48-38(83)22-20-36(81)46(48)64(50)85)60(77-75)56(52)71(99-42-23-28(3)61(78(9)10)31(6)95-42)73(58,18-2)100-44-26-41(92-15)69(93-16)33(8)97-44/h19-22,28-34,39-44,57-58,61-62,69-71,80-83H,17-18,23-27H2,1-16H3/t28-,29+,30?,31?,32+,33?,34-,39-,40?,41?,42-,43-,44+,57+,58+,61-,62+,69+,70-,71-,72+,73?/m1/s1. The smallest absolute Gasteiger partial charge is 0.333 e. The molecule has 6 aliphatic carbocycles. The summed E-state index contributed by atoms with van der Waals surface area (Å²) in [4.78, 5) is 111. The molecule has 0 bridgehead atoms. The van der Waals surface area contributed by atoms with Gasteiger partial charge in [0, 0.05) is 88.5 Å². The molecule has 0 radical (unpaired) electrons. The first-order chi connectivity index (χ1) is 47.5. The summed E-state index contributed by atoms with van der Waals surface area (Å²) in [5, 5.41) is 39.8. The summed E-state index contributed by atoms with van der Waals surface area (Å²) >= 11 is 0. The van der Waals surface area contributed by atoms with Crippen molar-refractivity contribution in [1.29, 1.82) is 0 Å². The molecule has 4 saturated heterocycles. The molecule has 2 aromatic rings. The minimum Gasteiger partial charge on any atom is -0.507 e. The Morgan fingerprint density at radius 3 is 1.40 bits per heavy atom. The Morgan fingerprint density at radius 2 is 0.950 bits per heavy atom. The predicted molar refractivity (Wildman–Crippen MR) is 356 cm³/mol. The van der Waals surface area contributed by atoms with Crippen LogP contribution in [0, 0.1) is 50.0 Å². The molecule has 27 nitrogen and oxygen atoms in total. The third kappa shape index (κ3) is 10.9. The second-order valence-corrected chi connectivity index (χ2v) is 28.9. The van der Waals surface area contributed by atoms with Crippen molar-refractivity contribution >= 4 is 33.1 Å². The van der Waals surface area contributed by atoms with Crippen LogP contribution >= 0.6 is 0 Å². The summed E-state index contributed by atoms with van der Waals surface area (Å²) in [5.74, 6) is -9.62. The number of benzene rings is 2. The Kier molecular flexibility index (Phi) is 19.8. The van der Waals surface area contributed by atoms with Gasteiger partial charge in [0.15, 0.2) is 41.3 Å². The molecule has 6 unspecified atom stereocenters. The maximum Gasteiger partial charge on any atom is 0.333 e. The van der Waals surface area contributed by atoms with E-state index in [0.29, 0.717) is 0 Å². The van der Waals surface area contributed by atoms with Gasteiger partial charge in [0.2, 0.25) is 10.9 Å². The molecule has 2 aromatic carbocycles. The largest absolute Gasteiger partial charge is 0.507 e. The van der Waals surface area contributed by atoms with Gasteiger partial charge in [0.05, 0.1) is 104 Å². The molecule has 0 saturated carbocycles. The van der Waals surface area contributed by atoms with Crippen molar-refractivity contribution in [3.05, 3.63) is 130 Å². The fourth-order valence-corrected chi connectivity index (χ4v) is 19.0. The van der Waals surface area contributed by atoms with Gasteiger partial charge in [0.25, 0.3) is 0 Å². The monoisotopic (exact) mass is 1390 g/mol. The molecule has 0 amide bonds. The van der Waals surface area contributed by atoms with Gasteiger partial charge in [-0.1, -0.05) is 27.7 Å². The summed E-state index contributed by atoms with van der Waals surface area (Å²) < 4.78 is 75.1. The zero-order valence-electron chi connectivity index (χ0n) is 59.2. The van der Waals surface area contributed by atoms with E-state index in [-0.39, 0.29) is 80.0 Å². The Morgan fingerprint density at radius 1 is 0.510 bits per heavy atom. The molecule has 22 atom stereocenters. The molecule has 4 fully saturated rings. The lowest BCUT2D eigenvalue weighted by molar-refractivity contribution is -0.337. The van der Waals surface area contributed by atoms with Crippen LogP contribution in [-0.2, 0) is 52.1 Å². The fraction of sp³-hybridized carbons (Fsp3) is 0.616. The molecule has 4 heterocycles. The molecule has 538 valence electrons. The van der Waals surface area contributed by atoms with E-state index >= 15 is 28.8 Å². The van der Waals surface area contributed by atoms with Crippen LogP contribution in [0.3, 0.4) is 0 Å². The van der Waals surface area contributed by atoms with Crippen molar-refractivity contribution in [2.45, 2.75) is 204 Å². The maximum absolute atomic E-state index is 18.1. The van der Waals surface area contributed by atoms with E-state index < -0.39 is 229 Å². The van der Waals surface area contributed by atoms with Crippen LogP contribution in [0.4, 0.5) is 0 Å². The normalized spacial score (nSPS) is 34.9. The fourth-order valence-electron chi connectivity index (χ4n) is 19.0. The number of ketones is 2. The van der Waals surface area contributed by atoms with Crippen LogP contribution in [0.1, 0.15) is 144 Å². The van der Waals surface area contributed by atoms with Crippen LogP contribution in [0.15, 0.2) is 43.4 Å². The average Bonchev–Trinajstić information content (AvgIpc) is 1.43. The Hall–Kier alpha value is -7.14. The van der Waals surface area contributed by atoms with Gasteiger partial charge in [-0.2, -0.15) is 9.58 Å². The zero-order valence-corrected chi connectivity index (χ0v) is 59.2. The van der Waals surface area contributed by atoms with E-state index in [1.54, 1.807) is 27.9 Å². The number of fused-ring (bicyclic) bond motifs is 6. The summed E-state index contributed by atoms with van der Waals surface area (Å²) in [5.41, 5.74) is 12.7. The van der Waals surface area contributed by atoms with Gasteiger partial charge in [0.1, 0.15) is 57.3 Å². The lowest BCUT2D eigenvalue weighted by Crippen LogP contribution is -2.66. The van der Waals surface area contributed by atoms with Crippen LogP contribution in [0.25, 0.3) is 32.6 Å². The summed E-state index contributed by atoms with van der Waals surface area (Å²) in [6.45, 7) is 14.7. The van der Waals surface area contributed by atoms with E-state index in [9.17, 15) is 31.5 Å². The quantitative estimate of drug-likeness (QED) is 0.0536. The van der Waals surface area contributed by atoms with Crippen LogP contribution in [0.5, 0.6) is 23.0 Å². The van der Waals surface area contributed by atoms with Gasteiger partial charge in [-0.3, -0.25) is 28.8 Å². The van der Waals surface area contributed by atoms with Gasteiger partial charge < -0.3 is 93.4 Å². The molecule has 0 spiro atoms. The molecule has 27 heteroatoms. The van der Waals surface area contributed by atoms with Crippen LogP contribution < -0.4 is 32.4 Å². The highest BCUT2D eigenvalue weighted by atomic mass is 16.7. The molecule has 4 aliphatic heterocycles. The number of rotatable bonds is 17. The SMILES string of the molecule is CCC1(O[C@H]2CC(OC)[C@@H](OC)C(C)O2)[C@H](O[C@@H]2C[C@@H](C)[C@@H](N(C)C)C(C)O2)c2c(c3c(=O)c4c(O)ccc(O)c4c(=O)c=3c2=[N+]=[N-])C(=O)[C@@H]1[C@H]1C(=O)c2c(c(=[N+]=[N-])c3c(=O)c4c(O)ccc(O)c4c(=O)c2=3)[C@@H](O[C@@H]2CC(OC)[C@@H](N(C)C)[C@H](C)O2)[C@@]1(CC)C[C@H]1C[C@@H](OC)[C@@H](C)C(C)O1. The zero-order chi connectivity index (χ0) is 72.5. The Bertz CT molecular complexity index is 4750. The number of carbonyl (C=O) groups is 2. The molecule has 4 N–H and O–H groups in total. The molecular formula is C73H90N6O21. The number of hydrogen-bond acceptors (Lipinski definition) is 23. The number of methoxy groups -OCH3 is 4. The topological polar surface area (TPSA) is 364 Å². The number of phenols is 4. The highest BCUT2D eigenvalue weighted by molar-refractivity contribution is 6.10. The number of hydrogen-bond donors (Lipinski definition) is 4. The van der Waals surface area contributed by atoms with Crippen molar-refractivity contribution in [1.82, 2.24) is 9.80 Å². The number of nitrogens with zero attached hydrogens (tertiary/aromatic N) is 6. The third-order valence-corrected chi connectivity index (χ3v) is 23.5. The van der Waals surface area contributed by atoms with E-state index in [1.165, 1.54) is 21.3 Å². The number of Topliss-reactive ketones (excluding diaryl/α,β-unsaturated/α-hetero) is 2.